The third-order valence-corrected chi connectivity index (χ3v) is 2.50. The van der Waals surface area contributed by atoms with Gasteiger partial charge in [0, 0.05) is 23.9 Å². The van der Waals surface area contributed by atoms with Gasteiger partial charge in [-0.1, -0.05) is 11.6 Å². The zero-order chi connectivity index (χ0) is 11.3. The number of ether oxygens (including phenoxy) is 1. The Labute approximate surface area is 99.8 Å². The van der Waals surface area contributed by atoms with Crippen LogP contribution in [0.5, 0.6) is 5.75 Å². The Kier molecular flexibility index (Phi) is 5.08. The molecule has 0 unspecified atom stereocenters. The van der Waals surface area contributed by atoms with E-state index in [2.05, 4.69) is 17.9 Å². The predicted molar refractivity (Wildman–Crippen MR) is 66.3 cm³/mol. The molecule has 84 valence electrons. The molecule has 0 aromatic heterocycles. The second kappa shape index (κ2) is 6.10. The van der Waals surface area contributed by atoms with E-state index in [4.69, 9.17) is 21.4 Å². The summed E-state index contributed by atoms with van der Waals surface area (Å²) in [5.74, 6) is 1.35. The molecule has 5 heteroatoms. The standard InChI is InChI=1S/C10H14ClNO2S/c1-14-10-5-9(12-2-3-15)8(11)4-7(10)6-13/h4-5,12-13,15H,2-3,6H2,1H3. The van der Waals surface area contributed by atoms with Gasteiger partial charge in [0.1, 0.15) is 5.75 Å². The van der Waals surface area contributed by atoms with Crippen LogP contribution in [0.2, 0.25) is 5.02 Å². The number of aliphatic hydroxyl groups excluding tert-OH is 1. The Morgan fingerprint density at radius 1 is 1.53 bits per heavy atom. The Hall–Kier alpha value is -0.580. The van der Waals surface area contributed by atoms with Gasteiger partial charge in [0.2, 0.25) is 0 Å². The summed E-state index contributed by atoms with van der Waals surface area (Å²) >= 11 is 10.1. The van der Waals surface area contributed by atoms with Gasteiger partial charge in [0.25, 0.3) is 0 Å². The largest absolute Gasteiger partial charge is 0.496 e. The van der Waals surface area contributed by atoms with Gasteiger partial charge in [-0.25, -0.2) is 0 Å². The minimum absolute atomic E-state index is 0.0876. The summed E-state index contributed by atoms with van der Waals surface area (Å²) in [6.07, 6.45) is 0. The van der Waals surface area contributed by atoms with Crippen LogP contribution in [0.3, 0.4) is 0 Å². The van der Waals surface area contributed by atoms with Gasteiger partial charge in [-0.2, -0.15) is 12.6 Å². The van der Waals surface area contributed by atoms with Gasteiger partial charge in [-0.3, -0.25) is 0 Å². The minimum Gasteiger partial charge on any atom is -0.496 e. The van der Waals surface area contributed by atoms with Crippen LogP contribution in [-0.4, -0.2) is 24.5 Å². The summed E-state index contributed by atoms with van der Waals surface area (Å²) < 4.78 is 5.13. The molecule has 0 bridgehead atoms. The second-order valence-corrected chi connectivity index (χ2v) is 3.81. The van der Waals surface area contributed by atoms with Gasteiger partial charge in [0.15, 0.2) is 0 Å². The lowest BCUT2D eigenvalue weighted by molar-refractivity contribution is 0.274. The van der Waals surface area contributed by atoms with Crippen molar-refractivity contribution < 1.29 is 9.84 Å². The van der Waals surface area contributed by atoms with Gasteiger partial charge >= 0.3 is 0 Å². The first-order valence-corrected chi connectivity index (χ1v) is 5.56. The highest BCUT2D eigenvalue weighted by Gasteiger charge is 2.07. The number of rotatable bonds is 5. The number of hydrogen-bond donors (Lipinski definition) is 3. The first-order valence-electron chi connectivity index (χ1n) is 4.55. The third kappa shape index (κ3) is 3.19. The molecule has 0 atom stereocenters. The zero-order valence-corrected chi connectivity index (χ0v) is 10.1. The maximum Gasteiger partial charge on any atom is 0.126 e. The highest BCUT2D eigenvalue weighted by atomic mass is 35.5. The van der Waals surface area contributed by atoms with Crippen molar-refractivity contribution in [3.63, 3.8) is 0 Å². The van der Waals surface area contributed by atoms with Crippen molar-refractivity contribution in [2.75, 3.05) is 24.7 Å². The van der Waals surface area contributed by atoms with E-state index in [0.717, 1.165) is 18.0 Å². The molecule has 0 saturated carbocycles. The van der Waals surface area contributed by atoms with Gasteiger partial charge in [0.05, 0.1) is 24.4 Å². The van der Waals surface area contributed by atoms with Crippen molar-refractivity contribution in [3.05, 3.63) is 22.7 Å². The van der Waals surface area contributed by atoms with Gasteiger partial charge in [-0.15, -0.1) is 0 Å². The molecule has 1 aromatic carbocycles. The fourth-order valence-electron chi connectivity index (χ4n) is 1.23. The number of nitrogens with one attached hydrogen (secondary N) is 1. The van der Waals surface area contributed by atoms with E-state index in [9.17, 15) is 0 Å². The van der Waals surface area contributed by atoms with Crippen LogP contribution in [0.15, 0.2) is 12.1 Å². The van der Waals surface area contributed by atoms with Crippen LogP contribution in [-0.2, 0) is 6.61 Å². The Bertz CT molecular complexity index is 333. The zero-order valence-electron chi connectivity index (χ0n) is 8.46. The summed E-state index contributed by atoms with van der Waals surface area (Å²) in [7, 11) is 1.56. The normalized spacial score (nSPS) is 10.1. The van der Waals surface area contributed by atoms with E-state index in [0.29, 0.717) is 16.3 Å². The SMILES string of the molecule is COc1cc(NCCS)c(Cl)cc1CO. The van der Waals surface area contributed by atoms with Crippen LogP contribution in [0.4, 0.5) is 5.69 Å². The maximum atomic E-state index is 9.07. The van der Waals surface area contributed by atoms with Crippen molar-refractivity contribution >= 4 is 29.9 Å². The molecule has 0 spiro atoms. The summed E-state index contributed by atoms with van der Waals surface area (Å²) in [5, 5.41) is 12.8. The Morgan fingerprint density at radius 2 is 2.27 bits per heavy atom. The number of thiol groups is 1. The van der Waals surface area contributed by atoms with Crippen LogP contribution < -0.4 is 10.1 Å². The molecule has 1 rings (SSSR count). The van der Waals surface area contributed by atoms with Crippen molar-refractivity contribution in [2.24, 2.45) is 0 Å². The first-order chi connectivity index (χ1) is 7.22. The van der Waals surface area contributed by atoms with E-state index in [1.54, 1.807) is 19.2 Å². The molecule has 0 radical (unpaired) electrons. The molecule has 0 aliphatic heterocycles. The lowest BCUT2D eigenvalue weighted by atomic mass is 10.2. The van der Waals surface area contributed by atoms with Crippen LogP contribution in [0, 0.1) is 0 Å². The average Bonchev–Trinajstić information content (AvgIpc) is 2.27. The van der Waals surface area contributed by atoms with Crippen molar-refractivity contribution in [3.8, 4) is 5.75 Å². The maximum absolute atomic E-state index is 9.07. The average molecular weight is 248 g/mol. The summed E-state index contributed by atoms with van der Waals surface area (Å²) in [6, 6.07) is 3.47. The number of methoxy groups -OCH3 is 1. The molecule has 2 N–H and O–H groups in total. The molecule has 0 saturated heterocycles. The molecular weight excluding hydrogens is 234 g/mol. The first kappa shape index (κ1) is 12.5. The summed E-state index contributed by atoms with van der Waals surface area (Å²) in [4.78, 5) is 0. The molecule has 1 aromatic rings. The highest BCUT2D eigenvalue weighted by Crippen LogP contribution is 2.30. The number of benzene rings is 1. The van der Waals surface area contributed by atoms with E-state index in [1.165, 1.54) is 0 Å². The predicted octanol–water partition coefficient (Wildman–Crippen LogP) is 2.18. The fourth-order valence-corrected chi connectivity index (χ4v) is 1.60. The van der Waals surface area contributed by atoms with E-state index in [1.807, 2.05) is 0 Å². The highest BCUT2D eigenvalue weighted by molar-refractivity contribution is 7.80. The monoisotopic (exact) mass is 247 g/mol. The number of halogens is 1. The van der Waals surface area contributed by atoms with Crippen molar-refractivity contribution in [2.45, 2.75) is 6.61 Å². The van der Waals surface area contributed by atoms with Gasteiger partial charge in [-0.05, 0) is 6.07 Å². The topological polar surface area (TPSA) is 41.5 Å². The summed E-state index contributed by atoms with van der Waals surface area (Å²) in [5.41, 5.74) is 1.47. The molecular formula is C10H14ClNO2S. The Balaban J connectivity index is 2.97. The van der Waals surface area contributed by atoms with Crippen molar-refractivity contribution in [1.82, 2.24) is 0 Å². The fraction of sp³-hybridized carbons (Fsp3) is 0.400. The summed E-state index contributed by atoms with van der Waals surface area (Å²) in [6.45, 7) is 0.639. The molecule has 15 heavy (non-hydrogen) atoms. The molecule has 3 nitrogen and oxygen atoms in total. The molecule has 0 amide bonds. The van der Waals surface area contributed by atoms with Crippen molar-refractivity contribution in [1.29, 1.82) is 0 Å². The lowest BCUT2D eigenvalue weighted by Crippen LogP contribution is -2.04. The van der Waals surface area contributed by atoms with E-state index >= 15 is 0 Å². The third-order valence-electron chi connectivity index (χ3n) is 1.97. The van der Waals surface area contributed by atoms with E-state index < -0.39 is 0 Å². The molecule has 0 heterocycles. The number of hydrogen-bond acceptors (Lipinski definition) is 4. The number of anilines is 1. The molecule has 0 aliphatic carbocycles. The van der Waals surface area contributed by atoms with Gasteiger partial charge < -0.3 is 15.2 Å². The minimum atomic E-state index is -0.0876. The molecule has 0 fully saturated rings. The smallest absolute Gasteiger partial charge is 0.126 e. The van der Waals surface area contributed by atoms with Crippen LogP contribution in [0.25, 0.3) is 0 Å². The van der Waals surface area contributed by atoms with E-state index in [-0.39, 0.29) is 6.61 Å². The number of aliphatic hydroxyl groups is 1. The van der Waals surface area contributed by atoms with Crippen LogP contribution >= 0.6 is 24.2 Å². The second-order valence-electron chi connectivity index (χ2n) is 2.95. The Morgan fingerprint density at radius 3 is 2.80 bits per heavy atom. The lowest BCUT2D eigenvalue weighted by Gasteiger charge is -2.12. The molecule has 0 aliphatic rings. The quantitative estimate of drug-likeness (QED) is 0.699. The van der Waals surface area contributed by atoms with Crippen LogP contribution in [0.1, 0.15) is 5.56 Å².